The third kappa shape index (κ3) is 4.78. The number of benzene rings is 2. The summed E-state index contributed by atoms with van der Waals surface area (Å²) in [5.74, 6) is -0.734. The summed E-state index contributed by atoms with van der Waals surface area (Å²) < 4.78 is 13.5. The number of carbonyl (C=O) groups excluding carboxylic acids is 2. The Bertz CT molecular complexity index is 752. The summed E-state index contributed by atoms with van der Waals surface area (Å²) in [7, 11) is 3.38. The van der Waals surface area contributed by atoms with E-state index in [0.29, 0.717) is 11.1 Å². The van der Waals surface area contributed by atoms with Gasteiger partial charge in [0, 0.05) is 37.8 Å². The Morgan fingerprint density at radius 1 is 1.08 bits per heavy atom. The van der Waals surface area contributed by atoms with Gasteiger partial charge < -0.3 is 10.2 Å². The molecule has 0 bridgehead atoms. The summed E-state index contributed by atoms with van der Waals surface area (Å²) in [6.07, 6.45) is 3.02. The van der Waals surface area contributed by atoms with Gasteiger partial charge in [0.1, 0.15) is 5.82 Å². The highest BCUT2D eigenvalue weighted by molar-refractivity contribution is 5.94. The second kappa shape index (κ2) is 8.06. The van der Waals surface area contributed by atoms with Crippen molar-refractivity contribution in [3.05, 3.63) is 77.1 Å². The van der Waals surface area contributed by atoms with Crippen LogP contribution in [0, 0.1) is 5.82 Å². The largest absolute Gasteiger partial charge is 0.348 e. The zero-order valence-electron chi connectivity index (χ0n) is 13.6. The van der Waals surface area contributed by atoms with Crippen LogP contribution in [0.2, 0.25) is 0 Å². The standard InChI is InChI=1S/C19H19FN2O2/c1-22(2)19(24)15-10-7-14(8-11-15)9-12-18(23)21-13-16-5-3-4-6-17(16)20/h3-12H,13H2,1-2H3,(H,21,23)/b12-9+. The number of rotatable bonds is 5. The van der Waals surface area contributed by atoms with Gasteiger partial charge in [-0.3, -0.25) is 9.59 Å². The predicted molar refractivity (Wildman–Crippen MR) is 91.7 cm³/mol. The van der Waals surface area contributed by atoms with E-state index in [1.165, 1.54) is 17.0 Å². The fourth-order valence-corrected chi connectivity index (χ4v) is 2.05. The van der Waals surface area contributed by atoms with Gasteiger partial charge in [-0.1, -0.05) is 30.3 Å². The molecule has 2 aromatic carbocycles. The molecule has 0 fully saturated rings. The first-order valence-corrected chi connectivity index (χ1v) is 7.48. The molecule has 0 aromatic heterocycles. The molecule has 0 spiro atoms. The maximum Gasteiger partial charge on any atom is 0.253 e. The Kier molecular flexibility index (Phi) is 5.84. The Hall–Kier alpha value is -2.95. The van der Waals surface area contributed by atoms with Gasteiger partial charge in [0.2, 0.25) is 5.91 Å². The minimum absolute atomic E-state index is 0.0758. The molecule has 2 aromatic rings. The van der Waals surface area contributed by atoms with Crippen LogP contribution in [0.5, 0.6) is 0 Å². The monoisotopic (exact) mass is 326 g/mol. The Balaban J connectivity index is 1.92. The first-order valence-electron chi connectivity index (χ1n) is 7.48. The van der Waals surface area contributed by atoms with Crippen molar-refractivity contribution in [2.24, 2.45) is 0 Å². The number of nitrogens with zero attached hydrogens (tertiary/aromatic N) is 1. The summed E-state index contributed by atoms with van der Waals surface area (Å²) in [6.45, 7) is 0.131. The van der Waals surface area contributed by atoms with E-state index < -0.39 is 0 Å². The normalized spacial score (nSPS) is 10.6. The molecule has 0 heterocycles. The van der Waals surface area contributed by atoms with E-state index in [4.69, 9.17) is 0 Å². The van der Waals surface area contributed by atoms with Crippen LogP contribution >= 0.6 is 0 Å². The van der Waals surface area contributed by atoms with Gasteiger partial charge in [0.25, 0.3) is 5.91 Å². The Morgan fingerprint density at radius 2 is 1.75 bits per heavy atom. The molecule has 5 heteroatoms. The lowest BCUT2D eigenvalue weighted by atomic mass is 10.1. The molecule has 0 radical (unpaired) electrons. The van der Waals surface area contributed by atoms with Crippen molar-refractivity contribution in [2.75, 3.05) is 14.1 Å². The van der Waals surface area contributed by atoms with Crippen LogP contribution in [-0.4, -0.2) is 30.8 Å². The molecule has 0 aliphatic heterocycles. The average molecular weight is 326 g/mol. The molecule has 4 nitrogen and oxygen atoms in total. The lowest BCUT2D eigenvalue weighted by Gasteiger charge is -2.09. The van der Waals surface area contributed by atoms with E-state index >= 15 is 0 Å². The van der Waals surface area contributed by atoms with Gasteiger partial charge >= 0.3 is 0 Å². The minimum atomic E-state index is -0.345. The van der Waals surface area contributed by atoms with Crippen LogP contribution in [0.15, 0.2) is 54.6 Å². The lowest BCUT2D eigenvalue weighted by Crippen LogP contribution is -2.21. The highest BCUT2D eigenvalue weighted by Gasteiger charge is 2.06. The smallest absolute Gasteiger partial charge is 0.253 e. The highest BCUT2D eigenvalue weighted by Crippen LogP contribution is 2.08. The van der Waals surface area contributed by atoms with Crippen molar-refractivity contribution in [1.29, 1.82) is 0 Å². The first kappa shape index (κ1) is 17.4. The van der Waals surface area contributed by atoms with Gasteiger partial charge in [0.15, 0.2) is 0 Å². The number of amides is 2. The van der Waals surface area contributed by atoms with Gasteiger partial charge in [-0.15, -0.1) is 0 Å². The van der Waals surface area contributed by atoms with Crippen molar-refractivity contribution in [3.63, 3.8) is 0 Å². The van der Waals surface area contributed by atoms with Gasteiger partial charge in [-0.05, 0) is 29.8 Å². The summed E-state index contributed by atoms with van der Waals surface area (Å²) in [4.78, 5) is 25.1. The van der Waals surface area contributed by atoms with Gasteiger partial charge in [-0.2, -0.15) is 0 Å². The topological polar surface area (TPSA) is 49.4 Å². The fraction of sp³-hybridized carbons (Fsp3) is 0.158. The fourth-order valence-electron chi connectivity index (χ4n) is 2.05. The molecule has 2 amide bonds. The number of halogens is 1. The third-order valence-electron chi connectivity index (χ3n) is 3.40. The number of hydrogen-bond donors (Lipinski definition) is 1. The van der Waals surface area contributed by atoms with E-state index in [2.05, 4.69) is 5.32 Å². The van der Waals surface area contributed by atoms with Crippen molar-refractivity contribution in [2.45, 2.75) is 6.54 Å². The first-order chi connectivity index (χ1) is 11.5. The quantitative estimate of drug-likeness (QED) is 0.859. The molecular formula is C19H19FN2O2. The van der Waals surface area contributed by atoms with Crippen LogP contribution in [-0.2, 0) is 11.3 Å². The molecule has 0 atom stereocenters. The molecule has 124 valence electrons. The van der Waals surface area contributed by atoms with E-state index in [1.807, 2.05) is 0 Å². The van der Waals surface area contributed by atoms with Crippen molar-refractivity contribution >= 4 is 17.9 Å². The molecule has 0 unspecified atom stereocenters. The van der Waals surface area contributed by atoms with Gasteiger partial charge in [-0.25, -0.2) is 4.39 Å². The SMILES string of the molecule is CN(C)C(=O)c1ccc(/C=C/C(=O)NCc2ccccc2F)cc1. The van der Waals surface area contributed by atoms with Gasteiger partial charge in [0.05, 0.1) is 0 Å². The second-order valence-electron chi connectivity index (χ2n) is 5.46. The Labute approximate surface area is 140 Å². The number of nitrogens with one attached hydrogen (secondary N) is 1. The maximum atomic E-state index is 13.5. The summed E-state index contributed by atoms with van der Waals surface area (Å²) >= 11 is 0. The van der Waals surface area contributed by atoms with Crippen LogP contribution in [0.4, 0.5) is 4.39 Å². The number of carbonyl (C=O) groups is 2. The molecule has 0 aliphatic carbocycles. The summed E-state index contributed by atoms with van der Waals surface area (Å²) in [5, 5.41) is 2.63. The third-order valence-corrected chi connectivity index (χ3v) is 3.40. The number of hydrogen-bond acceptors (Lipinski definition) is 2. The highest BCUT2D eigenvalue weighted by atomic mass is 19.1. The maximum absolute atomic E-state index is 13.5. The summed E-state index contributed by atoms with van der Waals surface area (Å²) in [5.41, 5.74) is 1.82. The zero-order chi connectivity index (χ0) is 17.5. The second-order valence-corrected chi connectivity index (χ2v) is 5.46. The van der Waals surface area contributed by atoms with E-state index in [9.17, 15) is 14.0 Å². The zero-order valence-corrected chi connectivity index (χ0v) is 13.6. The van der Waals surface area contributed by atoms with Crippen LogP contribution in [0.3, 0.4) is 0 Å². The Morgan fingerprint density at radius 3 is 2.38 bits per heavy atom. The molecule has 0 saturated heterocycles. The van der Waals surface area contributed by atoms with Crippen molar-refractivity contribution in [3.8, 4) is 0 Å². The average Bonchev–Trinajstić information content (AvgIpc) is 2.59. The van der Waals surface area contributed by atoms with E-state index in [-0.39, 0.29) is 24.2 Å². The molecule has 0 aliphatic rings. The van der Waals surface area contributed by atoms with E-state index in [1.54, 1.807) is 62.6 Å². The molecule has 24 heavy (non-hydrogen) atoms. The summed E-state index contributed by atoms with van der Waals surface area (Å²) in [6, 6.07) is 13.2. The lowest BCUT2D eigenvalue weighted by molar-refractivity contribution is -0.116. The predicted octanol–water partition coefficient (Wildman–Crippen LogP) is 2.86. The van der Waals surface area contributed by atoms with Crippen molar-refractivity contribution < 1.29 is 14.0 Å². The van der Waals surface area contributed by atoms with Crippen LogP contribution in [0.1, 0.15) is 21.5 Å². The molecule has 0 saturated carbocycles. The van der Waals surface area contributed by atoms with Crippen molar-refractivity contribution in [1.82, 2.24) is 10.2 Å². The molecule has 1 N–H and O–H groups in total. The van der Waals surface area contributed by atoms with E-state index in [0.717, 1.165) is 5.56 Å². The molecular weight excluding hydrogens is 307 g/mol. The van der Waals surface area contributed by atoms with Crippen LogP contribution < -0.4 is 5.32 Å². The molecule has 2 rings (SSSR count). The minimum Gasteiger partial charge on any atom is -0.348 e. The van der Waals surface area contributed by atoms with Crippen LogP contribution in [0.25, 0.3) is 6.08 Å².